The van der Waals surface area contributed by atoms with Crippen molar-refractivity contribution in [3.05, 3.63) is 69.2 Å². The zero-order valence-electron chi connectivity index (χ0n) is 10.7. The van der Waals surface area contributed by atoms with E-state index >= 15 is 0 Å². The molecule has 0 saturated carbocycles. The zero-order valence-corrected chi connectivity index (χ0v) is 13.0. The summed E-state index contributed by atoms with van der Waals surface area (Å²) in [7, 11) is 0. The molecule has 0 unspecified atom stereocenters. The van der Waals surface area contributed by atoms with E-state index in [9.17, 15) is 0 Å². The number of thiocarbonyl (C=S) groups is 1. The van der Waals surface area contributed by atoms with E-state index < -0.39 is 0 Å². The lowest BCUT2D eigenvalue weighted by atomic mass is 9.88. The number of hydrogen-bond donors (Lipinski definition) is 1. The molecule has 3 rings (SSSR count). The third kappa shape index (κ3) is 2.56. The summed E-state index contributed by atoms with van der Waals surface area (Å²) >= 11 is 18.1. The van der Waals surface area contributed by atoms with Crippen LogP contribution in [0.25, 0.3) is 0 Å². The lowest BCUT2D eigenvalue weighted by Gasteiger charge is -2.20. The predicted molar refractivity (Wildman–Crippen MR) is 89.1 cm³/mol. The Balaban J connectivity index is 2.20. The van der Waals surface area contributed by atoms with Crippen molar-refractivity contribution in [3.8, 4) is 0 Å². The Morgan fingerprint density at radius 2 is 1.85 bits per heavy atom. The van der Waals surface area contributed by atoms with Gasteiger partial charge in [-0.05, 0) is 41.3 Å². The van der Waals surface area contributed by atoms with Crippen molar-refractivity contribution in [2.45, 2.75) is 12.3 Å². The number of benzene rings is 2. The van der Waals surface area contributed by atoms with E-state index in [0.717, 1.165) is 39.1 Å². The van der Waals surface area contributed by atoms with Crippen molar-refractivity contribution in [2.24, 2.45) is 0 Å². The molecule has 1 heterocycles. The van der Waals surface area contributed by atoms with Crippen LogP contribution in [0.4, 0.5) is 0 Å². The summed E-state index contributed by atoms with van der Waals surface area (Å²) in [6.07, 6.45) is 0.938. The van der Waals surface area contributed by atoms with E-state index in [1.54, 1.807) is 0 Å². The highest BCUT2D eigenvalue weighted by molar-refractivity contribution is 7.80. The fraction of sp³-hybridized carbons (Fsp3) is 0.188. The molecule has 1 atom stereocenters. The van der Waals surface area contributed by atoms with Crippen LogP contribution in [0, 0.1) is 0 Å². The molecule has 20 heavy (non-hydrogen) atoms. The second-order valence-electron chi connectivity index (χ2n) is 4.84. The van der Waals surface area contributed by atoms with Crippen molar-refractivity contribution in [3.63, 3.8) is 0 Å². The van der Waals surface area contributed by atoms with Gasteiger partial charge in [-0.1, -0.05) is 59.7 Å². The zero-order chi connectivity index (χ0) is 14.1. The van der Waals surface area contributed by atoms with Gasteiger partial charge >= 0.3 is 0 Å². The molecular formula is C16H13Cl2NS. The van der Waals surface area contributed by atoms with Gasteiger partial charge in [0.2, 0.25) is 0 Å². The molecule has 0 spiro atoms. The van der Waals surface area contributed by atoms with Crippen LogP contribution in [0.1, 0.15) is 22.6 Å². The molecule has 1 aliphatic heterocycles. The van der Waals surface area contributed by atoms with Gasteiger partial charge in [0.05, 0.1) is 10.9 Å². The first kappa shape index (κ1) is 13.9. The quantitative estimate of drug-likeness (QED) is 0.770. The minimum Gasteiger partial charge on any atom is -0.379 e. The third-order valence-corrected chi connectivity index (χ3v) is 4.55. The molecule has 1 N–H and O–H groups in total. The SMILES string of the molecule is S=C1NCCc2ccc(Cl)cc2[C@@H]1c1ccccc1Cl. The Hall–Kier alpha value is -1.09. The summed E-state index contributed by atoms with van der Waals surface area (Å²) in [5.41, 5.74) is 3.45. The van der Waals surface area contributed by atoms with Crippen LogP contribution >= 0.6 is 35.4 Å². The summed E-state index contributed by atoms with van der Waals surface area (Å²) in [4.78, 5) is 0.805. The molecule has 102 valence electrons. The van der Waals surface area contributed by atoms with E-state index in [1.165, 1.54) is 5.56 Å². The molecule has 2 aromatic carbocycles. The molecule has 0 aliphatic carbocycles. The standard InChI is InChI=1S/C16H13Cl2NS/c17-11-6-5-10-7-8-19-16(20)15(13(10)9-11)12-3-1-2-4-14(12)18/h1-6,9,15H,7-8H2,(H,19,20)/t15-/m0/s1. The molecule has 1 nitrogen and oxygen atoms in total. The molecule has 0 amide bonds. The highest BCUT2D eigenvalue weighted by Gasteiger charge is 2.26. The highest BCUT2D eigenvalue weighted by Crippen LogP contribution is 2.35. The van der Waals surface area contributed by atoms with Gasteiger partial charge in [-0.15, -0.1) is 0 Å². The fourth-order valence-corrected chi connectivity index (χ4v) is 3.43. The summed E-state index contributed by atoms with van der Waals surface area (Å²) in [6, 6.07) is 13.8. The molecule has 4 heteroatoms. The van der Waals surface area contributed by atoms with Gasteiger partial charge in [0.1, 0.15) is 0 Å². The first-order valence-electron chi connectivity index (χ1n) is 6.47. The van der Waals surface area contributed by atoms with Crippen molar-refractivity contribution in [2.75, 3.05) is 6.54 Å². The Bertz CT molecular complexity index is 669. The second-order valence-corrected chi connectivity index (χ2v) is 6.12. The van der Waals surface area contributed by atoms with Crippen LogP contribution in [0.5, 0.6) is 0 Å². The third-order valence-electron chi connectivity index (χ3n) is 3.59. The Morgan fingerprint density at radius 1 is 1.05 bits per heavy atom. The van der Waals surface area contributed by atoms with Gasteiger partial charge in [-0.25, -0.2) is 0 Å². The van der Waals surface area contributed by atoms with E-state index in [1.807, 2.05) is 36.4 Å². The van der Waals surface area contributed by atoms with E-state index in [-0.39, 0.29) is 5.92 Å². The molecule has 0 radical (unpaired) electrons. The molecule has 0 saturated heterocycles. The van der Waals surface area contributed by atoms with Crippen LogP contribution in [0.2, 0.25) is 10.0 Å². The number of hydrogen-bond acceptors (Lipinski definition) is 1. The normalized spacial score (nSPS) is 18.1. The second kappa shape index (κ2) is 5.72. The van der Waals surface area contributed by atoms with Gasteiger partial charge in [-0.3, -0.25) is 0 Å². The molecule has 0 aromatic heterocycles. The maximum absolute atomic E-state index is 6.36. The maximum Gasteiger partial charge on any atom is 0.0874 e. The minimum atomic E-state index is -0.0325. The lowest BCUT2D eigenvalue weighted by Crippen LogP contribution is -2.27. The van der Waals surface area contributed by atoms with Gasteiger partial charge < -0.3 is 5.32 Å². The average Bonchev–Trinajstić information content (AvgIpc) is 2.58. The summed E-state index contributed by atoms with van der Waals surface area (Å²) in [6.45, 7) is 0.842. The van der Waals surface area contributed by atoms with Gasteiger partial charge in [0.15, 0.2) is 0 Å². The van der Waals surface area contributed by atoms with Gasteiger partial charge in [0.25, 0.3) is 0 Å². The number of rotatable bonds is 1. The van der Waals surface area contributed by atoms with Crippen LogP contribution in [-0.4, -0.2) is 11.5 Å². The summed E-state index contributed by atoms with van der Waals surface area (Å²) in [5, 5.41) is 4.77. The smallest absolute Gasteiger partial charge is 0.0874 e. The largest absolute Gasteiger partial charge is 0.379 e. The molecule has 2 aromatic rings. The summed E-state index contributed by atoms with van der Waals surface area (Å²) < 4.78 is 0. The van der Waals surface area contributed by atoms with E-state index in [0.29, 0.717) is 0 Å². The molecule has 0 bridgehead atoms. The lowest BCUT2D eigenvalue weighted by molar-refractivity contribution is 0.882. The first-order chi connectivity index (χ1) is 9.66. The van der Waals surface area contributed by atoms with Crippen LogP contribution in [0.3, 0.4) is 0 Å². The van der Waals surface area contributed by atoms with Crippen LogP contribution in [0.15, 0.2) is 42.5 Å². The Morgan fingerprint density at radius 3 is 2.65 bits per heavy atom. The van der Waals surface area contributed by atoms with E-state index in [2.05, 4.69) is 11.4 Å². The number of nitrogens with one attached hydrogen (secondary N) is 1. The maximum atomic E-state index is 6.36. The molecule has 0 fully saturated rings. The minimum absolute atomic E-state index is 0.0325. The number of halogens is 2. The van der Waals surface area contributed by atoms with Crippen molar-refractivity contribution < 1.29 is 0 Å². The average molecular weight is 322 g/mol. The van der Waals surface area contributed by atoms with Gasteiger partial charge in [0, 0.05) is 16.6 Å². The monoisotopic (exact) mass is 321 g/mol. The first-order valence-corrected chi connectivity index (χ1v) is 7.63. The molecular weight excluding hydrogens is 309 g/mol. The topological polar surface area (TPSA) is 12.0 Å². The predicted octanol–water partition coefficient (Wildman–Crippen LogP) is 4.60. The fourth-order valence-electron chi connectivity index (χ4n) is 2.64. The summed E-state index contributed by atoms with van der Waals surface area (Å²) in [5.74, 6) is -0.0325. The Labute approximate surface area is 133 Å². The van der Waals surface area contributed by atoms with E-state index in [4.69, 9.17) is 35.4 Å². The van der Waals surface area contributed by atoms with Gasteiger partial charge in [-0.2, -0.15) is 0 Å². The van der Waals surface area contributed by atoms with Crippen LogP contribution < -0.4 is 5.32 Å². The van der Waals surface area contributed by atoms with Crippen molar-refractivity contribution in [1.82, 2.24) is 5.32 Å². The van der Waals surface area contributed by atoms with Crippen molar-refractivity contribution in [1.29, 1.82) is 0 Å². The molecule has 1 aliphatic rings. The Kier molecular flexibility index (Phi) is 3.97. The number of fused-ring (bicyclic) bond motifs is 1. The van der Waals surface area contributed by atoms with Crippen molar-refractivity contribution >= 4 is 40.4 Å². The van der Waals surface area contributed by atoms with Crippen LogP contribution in [-0.2, 0) is 6.42 Å². The highest BCUT2D eigenvalue weighted by atomic mass is 35.5.